The molecule has 0 N–H and O–H groups in total. The van der Waals surface area contributed by atoms with Crippen molar-refractivity contribution in [2.75, 3.05) is 41.0 Å². The van der Waals surface area contributed by atoms with Crippen molar-refractivity contribution in [2.24, 2.45) is 0 Å². The van der Waals surface area contributed by atoms with Crippen molar-refractivity contribution in [2.45, 2.75) is 244 Å². The summed E-state index contributed by atoms with van der Waals surface area (Å²) in [6, 6.07) is -0.727. The second-order valence-electron chi connectivity index (χ2n) is 18.4. The van der Waals surface area contributed by atoms with E-state index in [1.165, 1.54) is 148 Å². The van der Waals surface area contributed by atoms with Gasteiger partial charge in [-0.2, -0.15) is 0 Å². The molecule has 0 saturated carbocycles. The minimum atomic E-state index is -1.13. The Morgan fingerprint density at radius 1 is 0.492 bits per heavy atom. The molecule has 0 aromatic heterocycles. The number of rotatable bonds is 46. The van der Waals surface area contributed by atoms with E-state index < -0.39 is 18.1 Å². The number of nitrogens with zero attached hydrogens (tertiary/aromatic N) is 1. The SMILES string of the molecule is CCCCCC/C=C/CCCCCCCCCC(=O)OCC(COCCC(C(=O)[O-])[N+](C)(C)C)OC(=O)CCCCCCCCC/C=C/C/C=C/CCCCCCCCCC. The van der Waals surface area contributed by atoms with Gasteiger partial charge in [0.05, 0.1) is 40.3 Å². The van der Waals surface area contributed by atoms with Gasteiger partial charge < -0.3 is 28.6 Å². The first-order valence-corrected chi connectivity index (χ1v) is 25.5. The number of esters is 2. The highest BCUT2D eigenvalue weighted by atomic mass is 16.6. The van der Waals surface area contributed by atoms with Crippen molar-refractivity contribution in [1.29, 1.82) is 0 Å². The molecule has 356 valence electrons. The van der Waals surface area contributed by atoms with Gasteiger partial charge in [-0.25, -0.2) is 0 Å². The normalized spacial score (nSPS) is 13.1. The first kappa shape index (κ1) is 58.6. The van der Waals surface area contributed by atoms with E-state index in [2.05, 4.69) is 50.3 Å². The summed E-state index contributed by atoms with van der Waals surface area (Å²) in [5.74, 6) is -1.74. The van der Waals surface area contributed by atoms with Crippen LogP contribution < -0.4 is 5.11 Å². The molecule has 8 heteroatoms. The van der Waals surface area contributed by atoms with Crippen LogP contribution in [0.25, 0.3) is 0 Å². The molecule has 0 aliphatic carbocycles. The van der Waals surface area contributed by atoms with Crippen molar-refractivity contribution in [3.05, 3.63) is 36.5 Å². The molecule has 0 aliphatic heterocycles. The third-order valence-corrected chi connectivity index (χ3v) is 11.5. The van der Waals surface area contributed by atoms with Crippen molar-refractivity contribution in [3.63, 3.8) is 0 Å². The van der Waals surface area contributed by atoms with E-state index in [4.69, 9.17) is 14.2 Å². The monoisotopic (exact) mass is 860 g/mol. The number of hydrogen-bond acceptors (Lipinski definition) is 7. The second kappa shape index (κ2) is 44.2. The van der Waals surface area contributed by atoms with E-state index in [0.29, 0.717) is 12.8 Å². The van der Waals surface area contributed by atoms with Crippen molar-refractivity contribution >= 4 is 17.9 Å². The lowest BCUT2D eigenvalue weighted by Crippen LogP contribution is -2.55. The zero-order valence-corrected chi connectivity index (χ0v) is 40.6. The number of quaternary nitrogens is 1. The molecule has 0 rings (SSSR count). The van der Waals surface area contributed by atoms with Gasteiger partial charge in [-0.1, -0.05) is 179 Å². The molecule has 0 saturated heterocycles. The van der Waals surface area contributed by atoms with Crippen LogP contribution in [0.3, 0.4) is 0 Å². The molecular formula is C53H97NO7. The van der Waals surface area contributed by atoms with Gasteiger partial charge in [-0.3, -0.25) is 9.59 Å². The summed E-state index contributed by atoms with van der Waals surface area (Å²) < 4.78 is 17.2. The molecule has 61 heavy (non-hydrogen) atoms. The highest BCUT2D eigenvalue weighted by molar-refractivity contribution is 5.70. The van der Waals surface area contributed by atoms with Gasteiger partial charge >= 0.3 is 11.9 Å². The highest BCUT2D eigenvalue weighted by Crippen LogP contribution is 2.15. The Balaban J connectivity index is 4.25. The van der Waals surface area contributed by atoms with Crippen molar-refractivity contribution in [3.8, 4) is 0 Å². The molecule has 8 nitrogen and oxygen atoms in total. The topological polar surface area (TPSA) is 102 Å². The summed E-state index contributed by atoms with van der Waals surface area (Å²) in [6.07, 6.45) is 51.7. The molecule has 0 aliphatic rings. The summed E-state index contributed by atoms with van der Waals surface area (Å²) in [5, 5.41) is 11.7. The Labute approximate surface area is 376 Å². The number of hydrogen-bond donors (Lipinski definition) is 0. The molecule has 0 spiro atoms. The first-order valence-electron chi connectivity index (χ1n) is 25.5. The van der Waals surface area contributed by atoms with Gasteiger partial charge in [-0.05, 0) is 70.6 Å². The fourth-order valence-electron chi connectivity index (χ4n) is 7.51. The number of ether oxygens (including phenoxy) is 3. The maximum absolute atomic E-state index is 12.8. The summed E-state index contributed by atoms with van der Waals surface area (Å²) in [6.45, 7) is 4.66. The zero-order valence-electron chi connectivity index (χ0n) is 40.6. The van der Waals surface area contributed by atoms with Gasteiger partial charge in [-0.15, -0.1) is 0 Å². The molecule has 0 aromatic carbocycles. The third kappa shape index (κ3) is 42.6. The van der Waals surface area contributed by atoms with Crippen LogP contribution in [0.5, 0.6) is 0 Å². The molecule has 2 unspecified atom stereocenters. The Morgan fingerprint density at radius 3 is 1.30 bits per heavy atom. The summed E-state index contributed by atoms with van der Waals surface area (Å²) in [7, 11) is 5.41. The fraction of sp³-hybridized carbons (Fsp3) is 0.830. The summed E-state index contributed by atoms with van der Waals surface area (Å²) in [5.41, 5.74) is 0. The molecule has 0 amide bonds. The van der Waals surface area contributed by atoms with E-state index in [1.807, 2.05) is 0 Å². The van der Waals surface area contributed by atoms with Crippen LogP contribution in [0.15, 0.2) is 36.5 Å². The minimum Gasteiger partial charge on any atom is -0.544 e. The number of unbranched alkanes of at least 4 members (excludes halogenated alkanes) is 26. The van der Waals surface area contributed by atoms with Crippen LogP contribution in [0.4, 0.5) is 0 Å². The lowest BCUT2D eigenvalue weighted by Gasteiger charge is -2.34. The minimum absolute atomic E-state index is 0.0376. The highest BCUT2D eigenvalue weighted by Gasteiger charge is 2.25. The summed E-state index contributed by atoms with van der Waals surface area (Å²) in [4.78, 5) is 37.0. The first-order chi connectivity index (χ1) is 29.6. The number of allylic oxidation sites excluding steroid dienone is 6. The molecule has 2 atom stereocenters. The standard InChI is InChI=1S/C53H97NO7/c1-6-8-10-12-14-16-18-20-22-23-24-25-26-27-28-30-32-34-36-38-40-42-44-52(56)61-49(47-59-46-45-50(53(57)58)54(3,4)5)48-60-51(55)43-41-39-37-35-33-31-29-21-19-17-15-13-11-9-7-2/h17,19,23-24,26-27,49-50H,6-16,18,20-22,25,28-48H2,1-5H3/b19-17+,24-23+,27-26+. The second-order valence-corrected chi connectivity index (χ2v) is 18.4. The van der Waals surface area contributed by atoms with Crippen LogP contribution in [-0.2, 0) is 28.6 Å². The predicted molar refractivity (Wildman–Crippen MR) is 254 cm³/mol. The third-order valence-electron chi connectivity index (χ3n) is 11.5. The van der Waals surface area contributed by atoms with E-state index in [9.17, 15) is 19.5 Å². The smallest absolute Gasteiger partial charge is 0.306 e. The molecule has 0 heterocycles. The Morgan fingerprint density at radius 2 is 0.869 bits per heavy atom. The van der Waals surface area contributed by atoms with E-state index in [1.54, 1.807) is 21.1 Å². The predicted octanol–water partition coefficient (Wildman–Crippen LogP) is 13.3. The summed E-state index contributed by atoms with van der Waals surface area (Å²) >= 11 is 0. The average molecular weight is 860 g/mol. The van der Waals surface area contributed by atoms with Crippen molar-refractivity contribution < 1.29 is 38.2 Å². The molecule has 0 fully saturated rings. The largest absolute Gasteiger partial charge is 0.544 e. The Bertz CT molecular complexity index is 1090. The van der Waals surface area contributed by atoms with Gasteiger partial charge in [0.25, 0.3) is 0 Å². The van der Waals surface area contributed by atoms with Crippen LogP contribution in [-0.4, -0.2) is 75.5 Å². The Hall–Kier alpha value is -2.45. The number of likely N-dealkylation sites (N-methyl/N-ethyl adjacent to an activating group) is 1. The van der Waals surface area contributed by atoms with E-state index in [-0.39, 0.29) is 42.7 Å². The van der Waals surface area contributed by atoms with Gasteiger partial charge in [0.2, 0.25) is 0 Å². The van der Waals surface area contributed by atoms with Gasteiger partial charge in [0.15, 0.2) is 6.10 Å². The number of carbonyl (C=O) groups is 3. The van der Waals surface area contributed by atoms with Crippen LogP contribution in [0, 0.1) is 0 Å². The number of carboxylic acids is 1. The maximum atomic E-state index is 12.8. The zero-order chi connectivity index (χ0) is 44.9. The van der Waals surface area contributed by atoms with Crippen LogP contribution >= 0.6 is 0 Å². The Kier molecular flexibility index (Phi) is 42.4. The number of carbonyl (C=O) groups excluding carboxylic acids is 3. The van der Waals surface area contributed by atoms with E-state index in [0.717, 1.165) is 51.4 Å². The average Bonchev–Trinajstić information content (AvgIpc) is 3.22. The van der Waals surface area contributed by atoms with Crippen LogP contribution in [0.2, 0.25) is 0 Å². The van der Waals surface area contributed by atoms with Gasteiger partial charge in [0, 0.05) is 19.3 Å². The lowest BCUT2D eigenvalue weighted by molar-refractivity contribution is -0.889. The lowest BCUT2D eigenvalue weighted by atomic mass is 10.1. The van der Waals surface area contributed by atoms with Gasteiger partial charge in [0.1, 0.15) is 12.6 Å². The number of aliphatic carboxylic acids is 1. The molecule has 0 bridgehead atoms. The molecular weight excluding hydrogens is 763 g/mol. The van der Waals surface area contributed by atoms with Crippen LogP contribution in [0.1, 0.15) is 232 Å². The maximum Gasteiger partial charge on any atom is 0.306 e. The molecule has 0 aromatic rings. The van der Waals surface area contributed by atoms with Crippen molar-refractivity contribution in [1.82, 2.24) is 0 Å². The number of carboxylic acid groups (broad SMARTS) is 1. The molecule has 0 radical (unpaired) electrons. The van der Waals surface area contributed by atoms with E-state index >= 15 is 0 Å². The fourth-order valence-corrected chi connectivity index (χ4v) is 7.51. The quantitative estimate of drug-likeness (QED) is 0.0260.